The average Bonchev–Trinajstić information content (AvgIpc) is 2.16. The van der Waals surface area contributed by atoms with Crippen LogP contribution in [0.15, 0.2) is 12.3 Å². The molecule has 2 atom stereocenters. The third kappa shape index (κ3) is 3.08. The van der Waals surface area contributed by atoms with Crippen LogP contribution in [0.4, 0.5) is 10.2 Å². The van der Waals surface area contributed by atoms with Gasteiger partial charge in [0.1, 0.15) is 12.0 Å². The molecule has 6 heteroatoms. The molecule has 14 heavy (non-hydrogen) atoms. The van der Waals surface area contributed by atoms with Crippen molar-refractivity contribution in [1.82, 2.24) is 9.97 Å². The van der Waals surface area contributed by atoms with Gasteiger partial charge in [0.05, 0.1) is 12.6 Å². The van der Waals surface area contributed by atoms with Gasteiger partial charge in [-0.2, -0.15) is 0 Å². The summed E-state index contributed by atoms with van der Waals surface area (Å²) in [6.45, 7) is 1.09. The predicted molar refractivity (Wildman–Crippen MR) is 52.1 cm³/mol. The first-order valence-corrected chi connectivity index (χ1v) is 4.51. The Labute approximate surface area is 86.1 Å². The molecule has 0 aliphatic carbocycles. The number of aliphatic hydroxyl groups excluding tert-OH is 1. The highest BCUT2D eigenvalue weighted by molar-refractivity contribution is 6.28. The first-order chi connectivity index (χ1) is 6.63. The number of halogens is 2. The fourth-order valence-corrected chi connectivity index (χ4v) is 1.04. The second-order valence-corrected chi connectivity index (χ2v) is 3.18. The number of aliphatic hydroxyl groups is 1. The number of aromatic nitrogens is 2. The maximum Gasteiger partial charge on any atom is 0.224 e. The Morgan fingerprint density at radius 1 is 1.71 bits per heavy atom. The number of nitrogens with one attached hydrogen (secondary N) is 1. The van der Waals surface area contributed by atoms with Gasteiger partial charge in [0, 0.05) is 6.20 Å². The van der Waals surface area contributed by atoms with Crippen LogP contribution >= 0.6 is 11.6 Å². The molecule has 0 saturated carbocycles. The van der Waals surface area contributed by atoms with Crippen LogP contribution < -0.4 is 5.32 Å². The monoisotopic (exact) mass is 219 g/mol. The summed E-state index contributed by atoms with van der Waals surface area (Å²) < 4.78 is 12.9. The molecule has 78 valence electrons. The lowest BCUT2D eigenvalue weighted by Gasteiger charge is -2.16. The Morgan fingerprint density at radius 2 is 2.43 bits per heavy atom. The summed E-state index contributed by atoms with van der Waals surface area (Å²) in [6, 6.07) is 1.05. The number of hydrogen-bond acceptors (Lipinski definition) is 4. The third-order valence-corrected chi connectivity index (χ3v) is 1.90. The highest BCUT2D eigenvalue weighted by Gasteiger charge is 2.15. The van der Waals surface area contributed by atoms with E-state index in [4.69, 9.17) is 16.7 Å². The molecule has 2 N–H and O–H groups in total. The summed E-state index contributed by atoms with van der Waals surface area (Å²) in [6.07, 6.45) is 0.139. The summed E-state index contributed by atoms with van der Waals surface area (Å²) in [7, 11) is 0. The van der Waals surface area contributed by atoms with Crippen molar-refractivity contribution in [2.45, 2.75) is 19.1 Å². The van der Waals surface area contributed by atoms with Crippen LogP contribution in [0.25, 0.3) is 0 Å². The summed E-state index contributed by atoms with van der Waals surface area (Å²) in [5.74, 6) is 0.439. The van der Waals surface area contributed by atoms with E-state index in [0.717, 1.165) is 0 Å². The molecule has 0 aromatic carbocycles. The zero-order valence-electron chi connectivity index (χ0n) is 7.61. The Hall–Kier alpha value is -0.940. The first kappa shape index (κ1) is 11.1. The van der Waals surface area contributed by atoms with E-state index in [1.54, 1.807) is 13.0 Å². The molecule has 0 radical (unpaired) electrons. The van der Waals surface area contributed by atoms with Crippen LogP contribution in [0.1, 0.15) is 6.92 Å². The van der Waals surface area contributed by atoms with Crippen LogP contribution in [0.3, 0.4) is 0 Å². The normalized spacial score (nSPS) is 14.9. The smallest absolute Gasteiger partial charge is 0.224 e. The molecule has 0 fully saturated rings. The Balaban J connectivity index is 2.60. The zero-order valence-corrected chi connectivity index (χ0v) is 8.37. The SMILES string of the molecule is CC(Nc1ccnc(Cl)n1)C(F)CO. The van der Waals surface area contributed by atoms with Crippen LogP contribution in [0, 0.1) is 0 Å². The van der Waals surface area contributed by atoms with Crippen molar-refractivity contribution < 1.29 is 9.50 Å². The van der Waals surface area contributed by atoms with Crippen molar-refractivity contribution in [3.63, 3.8) is 0 Å². The fraction of sp³-hybridized carbons (Fsp3) is 0.500. The minimum Gasteiger partial charge on any atom is -0.393 e. The highest BCUT2D eigenvalue weighted by Crippen LogP contribution is 2.09. The predicted octanol–water partition coefficient (Wildman–Crippen LogP) is 1.26. The summed E-state index contributed by atoms with van der Waals surface area (Å²) in [4.78, 5) is 7.51. The molecular formula is C8H11ClFN3O. The minimum absolute atomic E-state index is 0.0987. The van der Waals surface area contributed by atoms with Crippen molar-refractivity contribution in [2.75, 3.05) is 11.9 Å². The van der Waals surface area contributed by atoms with Crippen molar-refractivity contribution in [3.8, 4) is 0 Å². The molecule has 1 rings (SSSR count). The van der Waals surface area contributed by atoms with Crippen LogP contribution in [0.2, 0.25) is 5.28 Å². The molecule has 1 aromatic heterocycles. The van der Waals surface area contributed by atoms with E-state index in [9.17, 15) is 4.39 Å². The lowest BCUT2D eigenvalue weighted by molar-refractivity contribution is 0.165. The highest BCUT2D eigenvalue weighted by atomic mass is 35.5. The molecule has 4 nitrogen and oxygen atoms in total. The van der Waals surface area contributed by atoms with Gasteiger partial charge in [-0.25, -0.2) is 14.4 Å². The Bertz CT molecular complexity index is 300. The van der Waals surface area contributed by atoms with Crippen LogP contribution in [0.5, 0.6) is 0 Å². The largest absolute Gasteiger partial charge is 0.393 e. The molecule has 0 spiro atoms. The topological polar surface area (TPSA) is 58.0 Å². The quantitative estimate of drug-likeness (QED) is 0.749. The molecule has 1 aromatic rings. The van der Waals surface area contributed by atoms with Gasteiger partial charge in [0.25, 0.3) is 0 Å². The zero-order chi connectivity index (χ0) is 10.6. The van der Waals surface area contributed by atoms with E-state index < -0.39 is 18.8 Å². The summed E-state index contributed by atoms with van der Waals surface area (Å²) in [5.41, 5.74) is 0. The number of alkyl halides is 1. The Kier molecular flexibility index (Phi) is 4.03. The molecule has 0 amide bonds. The van der Waals surface area contributed by atoms with Gasteiger partial charge in [-0.05, 0) is 24.6 Å². The summed E-state index contributed by atoms with van der Waals surface area (Å²) in [5, 5.41) is 11.4. The van der Waals surface area contributed by atoms with Gasteiger partial charge in [-0.15, -0.1) is 0 Å². The van der Waals surface area contributed by atoms with Gasteiger partial charge in [-0.1, -0.05) is 0 Å². The standard InChI is InChI=1S/C8H11ClFN3O/c1-5(6(10)4-14)12-7-2-3-11-8(9)13-7/h2-3,5-6,14H,4H2,1H3,(H,11,12,13). The van der Waals surface area contributed by atoms with E-state index in [0.29, 0.717) is 5.82 Å². The molecule has 1 heterocycles. The van der Waals surface area contributed by atoms with E-state index in [1.807, 2.05) is 0 Å². The second kappa shape index (κ2) is 5.07. The lowest BCUT2D eigenvalue weighted by Crippen LogP contribution is -2.30. The Morgan fingerprint density at radius 3 is 3.00 bits per heavy atom. The van der Waals surface area contributed by atoms with E-state index in [1.165, 1.54) is 6.20 Å². The van der Waals surface area contributed by atoms with Crippen molar-refractivity contribution in [1.29, 1.82) is 0 Å². The number of anilines is 1. The minimum atomic E-state index is -1.33. The summed E-state index contributed by atoms with van der Waals surface area (Å²) >= 11 is 5.54. The maximum absolute atomic E-state index is 12.9. The molecule has 2 unspecified atom stereocenters. The maximum atomic E-state index is 12.9. The number of hydrogen-bond donors (Lipinski definition) is 2. The van der Waals surface area contributed by atoms with E-state index in [-0.39, 0.29) is 5.28 Å². The van der Waals surface area contributed by atoms with Crippen molar-refractivity contribution in [2.24, 2.45) is 0 Å². The average molecular weight is 220 g/mol. The fourth-order valence-electron chi connectivity index (χ4n) is 0.897. The molecule has 0 aliphatic rings. The first-order valence-electron chi connectivity index (χ1n) is 4.13. The van der Waals surface area contributed by atoms with Crippen LogP contribution in [-0.4, -0.2) is 33.9 Å². The van der Waals surface area contributed by atoms with Gasteiger partial charge < -0.3 is 10.4 Å². The van der Waals surface area contributed by atoms with Crippen LogP contribution in [-0.2, 0) is 0 Å². The van der Waals surface area contributed by atoms with E-state index in [2.05, 4.69) is 15.3 Å². The van der Waals surface area contributed by atoms with Gasteiger partial charge in [0.15, 0.2) is 0 Å². The third-order valence-electron chi connectivity index (χ3n) is 1.72. The second-order valence-electron chi connectivity index (χ2n) is 2.84. The van der Waals surface area contributed by atoms with Gasteiger partial charge in [0.2, 0.25) is 5.28 Å². The van der Waals surface area contributed by atoms with Gasteiger partial charge in [-0.3, -0.25) is 0 Å². The molecule has 0 aliphatic heterocycles. The number of nitrogens with zero attached hydrogens (tertiary/aromatic N) is 2. The van der Waals surface area contributed by atoms with Crippen molar-refractivity contribution in [3.05, 3.63) is 17.5 Å². The molecule has 0 saturated heterocycles. The molecular weight excluding hydrogens is 209 g/mol. The van der Waals surface area contributed by atoms with Crippen molar-refractivity contribution >= 4 is 17.4 Å². The molecule has 0 bridgehead atoms. The van der Waals surface area contributed by atoms with E-state index >= 15 is 0 Å². The number of rotatable bonds is 4. The lowest BCUT2D eigenvalue weighted by atomic mass is 10.2. The van der Waals surface area contributed by atoms with Gasteiger partial charge >= 0.3 is 0 Å².